The largest absolute Gasteiger partial charge is 0.524 e. The number of hydroxylamine groups is 2. The van der Waals surface area contributed by atoms with Gasteiger partial charge in [0.25, 0.3) is 11.8 Å². The standard InChI is InChI=1S/C19H24NO9P/c21-15(13-14-7-9-16(10-8-14)29-30(25,26)27)5-3-1-2-4-6-19(24)28-20-17(22)11-12-18(20)23/h7-10H,1-6,11-13H2,(H2,25,26,27). The first kappa shape index (κ1) is 23.7. The molecule has 0 bridgehead atoms. The second-order valence-corrected chi connectivity index (χ2v) is 8.06. The second-order valence-electron chi connectivity index (χ2n) is 6.90. The Morgan fingerprint density at radius 3 is 2.07 bits per heavy atom. The highest BCUT2D eigenvalue weighted by atomic mass is 31.2. The van der Waals surface area contributed by atoms with E-state index in [4.69, 9.17) is 14.6 Å². The minimum atomic E-state index is -4.60. The number of unbranched alkanes of at least 4 members (excludes halogenated alkanes) is 3. The average Bonchev–Trinajstić information content (AvgIpc) is 2.97. The Labute approximate surface area is 173 Å². The summed E-state index contributed by atoms with van der Waals surface area (Å²) in [6.45, 7) is 0. The molecule has 2 rings (SSSR count). The molecule has 0 radical (unpaired) electrons. The Kier molecular flexibility index (Phi) is 8.71. The molecule has 1 aliphatic rings. The van der Waals surface area contributed by atoms with Crippen molar-refractivity contribution in [2.75, 3.05) is 0 Å². The average molecular weight is 441 g/mol. The van der Waals surface area contributed by atoms with Crippen LogP contribution in [-0.4, -0.2) is 38.4 Å². The van der Waals surface area contributed by atoms with Crippen molar-refractivity contribution in [3.8, 4) is 5.75 Å². The summed E-state index contributed by atoms with van der Waals surface area (Å²) >= 11 is 0. The number of carbonyl (C=O) groups excluding carboxylic acids is 4. The van der Waals surface area contributed by atoms with Gasteiger partial charge in [-0.25, -0.2) is 9.36 Å². The van der Waals surface area contributed by atoms with Crippen molar-refractivity contribution in [2.45, 2.75) is 57.8 Å². The Morgan fingerprint density at radius 1 is 0.933 bits per heavy atom. The molecule has 1 aromatic rings. The first-order chi connectivity index (χ1) is 14.1. The predicted octanol–water partition coefficient (Wildman–Crippen LogP) is 2.22. The van der Waals surface area contributed by atoms with Crippen LogP contribution in [0.4, 0.5) is 0 Å². The molecule has 164 valence electrons. The molecule has 0 saturated carbocycles. The molecule has 0 aromatic heterocycles. The maximum Gasteiger partial charge on any atom is 0.524 e. The van der Waals surface area contributed by atoms with Crippen molar-refractivity contribution in [1.82, 2.24) is 5.06 Å². The smallest absolute Gasteiger partial charge is 0.404 e. The van der Waals surface area contributed by atoms with Crippen LogP contribution in [0.15, 0.2) is 24.3 Å². The Hall–Kier alpha value is -2.55. The van der Waals surface area contributed by atoms with Crippen LogP contribution in [0.3, 0.4) is 0 Å². The monoisotopic (exact) mass is 441 g/mol. The number of carbonyl (C=O) groups is 4. The van der Waals surface area contributed by atoms with E-state index in [-0.39, 0.29) is 37.2 Å². The fraction of sp³-hybridized carbons (Fsp3) is 0.474. The number of benzene rings is 1. The third-order valence-electron chi connectivity index (χ3n) is 4.33. The number of imide groups is 1. The first-order valence-electron chi connectivity index (χ1n) is 9.56. The van der Waals surface area contributed by atoms with E-state index >= 15 is 0 Å². The van der Waals surface area contributed by atoms with E-state index in [9.17, 15) is 23.7 Å². The summed E-state index contributed by atoms with van der Waals surface area (Å²) in [6, 6.07) is 5.93. The van der Waals surface area contributed by atoms with Gasteiger partial charge in [0.15, 0.2) is 0 Å². The van der Waals surface area contributed by atoms with Gasteiger partial charge in [-0.1, -0.05) is 25.0 Å². The van der Waals surface area contributed by atoms with Crippen LogP contribution in [0.25, 0.3) is 0 Å². The maximum absolute atomic E-state index is 12.0. The summed E-state index contributed by atoms with van der Waals surface area (Å²) in [5.41, 5.74) is 0.715. The highest BCUT2D eigenvalue weighted by molar-refractivity contribution is 7.46. The van der Waals surface area contributed by atoms with Gasteiger partial charge >= 0.3 is 13.8 Å². The molecule has 0 unspecified atom stereocenters. The maximum atomic E-state index is 12.0. The van der Waals surface area contributed by atoms with Crippen molar-refractivity contribution in [1.29, 1.82) is 0 Å². The summed E-state index contributed by atoms with van der Waals surface area (Å²) in [6.07, 6.45) is 3.45. The topological polar surface area (TPSA) is 148 Å². The zero-order valence-electron chi connectivity index (χ0n) is 16.3. The van der Waals surface area contributed by atoms with Crippen LogP contribution in [-0.2, 0) is 35.0 Å². The number of phosphoric acid groups is 1. The normalized spacial score (nSPS) is 14.1. The summed E-state index contributed by atoms with van der Waals surface area (Å²) in [4.78, 5) is 68.7. The van der Waals surface area contributed by atoms with Crippen LogP contribution in [0.1, 0.15) is 56.9 Å². The van der Waals surface area contributed by atoms with E-state index in [1.165, 1.54) is 12.1 Å². The number of rotatable bonds is 12. The lowest BCUT2D eigenvalue weighted by Gasteiger charge is -2.12. The van der Waals surface area contributed by atoms with Crippen molar-refractivity contribution < 1.29 is 42.9 Å². The van der Waals surface area contributed by atoms with Gasteiger partial charge in [0.05, 0.1) is 0 Å². The minimum Gasteiger partial charge on any atom is -0.404 e. The summed E-state index contributed by atoms with van der Waals surface area (Å²) < 4.78 is 15.2. The first-order valence-corrected chi connectivity index (χ1v) is 11.1. The van der Waals surface area contributed by atoms with Crippen LogP contribution < -0.4 is 4.52 Å². The number of Topliss-reactive ketones (excluding diaryl/α,β-unsaturated/α-hetero) is 1. The van der Waals surface area contributed by atoms with E-state index < -0.39 is 25.6 Å². The number of amides is 2. The molecule has 1 heterocycles. The van der Waals surface area contributed by atoms with Gasteiger partial charge in [-0.3, -0.25) is 24.2 Å². The third-order valence-corrected chi connectivity index (χ3v) is 4.78. The van der Waals surface area contributed by atoms with Crippen molar-refractivity contribution in [3.05, 3.63) is 29.8 Å². The molecule has 10 nitrogen and oxygen atoms in total. The van der Waals surface area contributed by atoms with E-state index in [2.05, 4.69) is 4.52 Å². The third kappa shape index (κ3) is 8.44. The highest BCUT2D eigenvalue weighted by Crippen LogP contribution is 2.37. The fourth-order valence-electron chi connectivity index (χ4n) is 2.87. The lowest BCUT2D eigenvalue weighted by molar-refractivity contribution is -0.197. The molecule has 2 N–H and O–H groups in total. The number of hydrogen-bond acceptors (Lipinski definition) is 7. The number of hydrogen-bond donors (Lipinski definition) is 2. The molecule has 0 atom stereocenters. The van der Waals surface area contributed by atoms with E-state index in [1.54, 1.807) is 12.1 Å². The van der Waals surface area contributed by atoms with Gasteiger partial charge in [-0.05, 0) is 30.5 Å². The molecule has 2 amide bonds. The zero-order valence-corrected chi connectivity index (χ0v) is 17.2. The molecule has 1 aromatic carbocycles. The summed E-state index contributed by atoms with van der Waals surface area (Å²) in [7, 11) is -4.60. The molecule has 0 aliphatic carbocycles. The molecular weight excluding hydrogens is 417 g/mol. The van der Waals surface area contributed by atoms with Crippen molar-refractivity contribution >= 4 is 31.4 Å². The number of ketones is 1. The van der Waals surface area contributed by atoms with Crippen LogP contribution in [0.5, 0.6) is 5.75 Å². The van der Waals surface area contributed by atoms with Crippen LogP contribution in [0, 0.1) is 0 Å². The van der Waals surface area contributed by atoms with Gasteiger partial charge in [-0.2, -0.15) is 0 Å². The quantitative estimate of drug-likeness (QED) is 0.283. The zero-order chi connectivity index (χ0) is 22.1. The van der Waals surface area contributed by atoms with Crippen LogP contribution >= 0.6 is 7.82 Å². The van der Waals surface area contributed by atoms with Crippen molar-refractivity contribution in [2.24, 2.45) is 0 Å². The lowest BCUT2D eigenvalue weighted by atomic mass is 10.0. The molecule has 1 saturated heterocycles. The van der Waals surface area contributed by atoms with Crippen LogP contribution in [0.2, 0.25) is 0 Å². The van der Waals surface area contributed by atoms with Crippen molar-refractivity contribution in [3.63, 3.8) is 0 Å². The summed E-state index contributed by atoms with van der Waals surface area (Å²) in [5.74, 6) is -1.58. The van der Waals surface area contributed by atoms with Gasteiger partial charge in [0.2, 0.25) is 0 Å². The number of nitrogens with zero attached hydrogens (tertiary/aromatic N) is 1. The van der Waals surface area contributed by atoms with Gasteiger partial charge < -0.3 is 9.36 Å². The van der Waals surface area contributed by atoms with Gasteiger partial charge in [0, 0.05) is 32.1 Å². The predicted molar refractivity (Wildman–Crippen MR) is 103 cm³/mol. The molecule has 1 aliphatic heterocycles. The van der Waals surface area contributed by atoms with Gasteiger partial charge in [0.1, 0.15) is 11.5 Å². The molecule has 11 heteroatoms. The Balaban J connectivity index is 1.56. The highest BCUT2D eigenvalue weighted by Gasteiger charge is 2.32. The van der Waals surface area contributed by atoms with E-state index in [1.807, 2.05) is 0 Å². The second kappa shape index (κ2) is 11.0. The Morgan fingerprint density at radius 2 is 1.50 bits per heavy atom. The Bertz CT molecular complexity index is 815. The van der Waals surface area contributed by atoms with E-state index in [0.29, 0.717) is 36.3 Å². The molecule has 0 spiro atoms. The fourth-order valence-corrected chi connectivity index (χ4v) is 3.27. The molecule has 1 fully saturated rings. The van der Waals surface area contributed by atoms with E-state index in [0.717, 1.165) is 6.42 Å². The number of phosphoric ester groups is 1. The van der Waals surface area contributed by atoms with Gasteiger partial charge in [-0.15, -0.1) is 5.06 Å². The summed E-state index contributed by atoms with van der Waals surface area (Å²) in [5, 5.41) is 0.534. The molecule has 30 heavy (non-hydrogen) atoms. The SMILES string of the molecule is O=C(CCCCCCC(=O)ON1C(=O)CCC1=O)Cc1ccc(OP(=O)(O)O)cc1. The lowest BCUT2D eigenvalue weighted by Crippen LogP contribution is -2.31. The minimum absolute atomic E-state index is 0.0246. The molecular formula is C19H24NO9P.